The van der Waals surface area contributed by atoms with Crippen LogP contribution >= 0.6 is 12.2 Å². The van der Waals surface area contributed by atoms with Crippen molar-refractivity contribution < 1.29 is 8.42 Å². The summed E-state index contributed by atoms with van der Waals surface area (Å²) in [5.74, 6) is 0. The summed E-state index contributed by atoms with van der Waals surface area (Å²) in [7, 11) is -3.70. The number of anilines is 1. The maximum absolute atomic E-state index is 12.1. The summed E-state index contributed by atoms with van der Waals surface area (Å²) in [5.41, 5.74) is 1.81. The van der Waals surface area contributed by atoms with Crippen molar-refractivity contribution in [3.8, 4) is 0 Å². The molecule has 0 aromatic heterocycles. The molecule has 2 rings (SSSR count). The van der Waals surface area contributed by atoms with Gasteiger partial charge in [0.15, 0.2) is 0 Å². The van der Waals surface area contributed by atoms with Gasteiger partial charge in [-0.05, 0) is 43.4 Å². The molecule has 0 spiro atoms. The first-order valence-corrected chi connectivity index (χ1v) is 8.34. The second-order valence-electron chi connectivity index (χ2n) is 4.49. The molecule has 2 aromatic carbocycles. The van der Waals surface area contributed by atoms with Gasteiger partial charge in [0.05, 0.1) is 11.2 Å². The minimum Gasteiger partial charge on any atom is -0.346 e. The maximum atomic E-state index is 12.1. The molecule has 0 saturated heterocycles. The summed E-state index contributed by atoms with van der Waals surface area (Å²) in [6, 6.07) is 15.8. The standard InChI is InChI=1S/C15H15N3O2S2/c1-12-7-9-14(10-8-12)22(19,20)18-15(21)17-11-16-13-5-3-2-4-6-13/h2-11H,1H3,(H2,16,17,18,21). The number of hydrogen-bond donors (Lipinski definition) is 2. The van der Waals surface area contributed by atoms with E-state index in [0.717, 1.165) is 11.3 Å². The number of aliphatic imine (C=N–C) groups is 1. The van der Waals surface area contributed by atoms with Gasteiger partial charge in [0.1, 0.15) is 0 Å². The van der Waals surface area contributed by atoms with Gasteiger partial charge < -0.3 is 5.32 Å². The van der Waals surface area contributed by atoms with Gasteiger partial charge >= 0.3 is 0 Å². The molecule has 0 radical (unpaired) electrons. The Morgan fingerprint density at radius 2 is 1.73 bits per heavy atom. The molecule has 0 amide bonds. The van der Waals surface area contributed by atoms with Gasteiger partial charge in [-0.1, -0.05) is 35.9 Å². The van der Waals surface area contributed by atoms with E-state index in [4.69, 9.17) is 12.2 Å². The van der Waals surface area contributed by atoms with Crippen LogP contribution in [-0.4, -0.2) is 19.9 Å². The van der Waals surface area contributed by atoms with Gasteiger partial charge in [-0.3, -0.25) is 4.72 Å². The number of para-hydroxylation sites is 1. The van der Waals surface area contributed by atoms with E-state index >= 15 is 0 Å². The fourth-order valence-corrected chi connectivity index (χ4v) is 2.89. The first kappa shape index (κ1) is 16.1. The van der Waals surface area contributed by atoms with E-state index in [1.165, 1.54) is 18.5 Å². The largest absolute Gasteiger partial charge is 0.346 e. The predicted octanol–water partition coefficient (Wildman–Crippen LogP) is 2.70. The molecule has 0 bridgehead atoms. The third-order valence-corrected chi connectivity index (χ3v) is 4.43. The van der Waals surface area contributed by atoms with Crippen molar-refractivity contribution in [2.45, 2.75) is 11.8 Å². The van der Waals surface area contributed by atoms with Gasteiger partial charge in [0, 0.05) is 5.69 Å². The molecular weight excluding hydrogens is 318 g/mol. The fourth-order valence-electron chi connectivity index (χ4n) is 1.62. The lowest BCUT2D eigenvalue weighted by Crippen LogP contribution is -2.28. The molecule has 2 aromatic rings. The van der Waals surface area contributed by atoms with Gasteiger partial charge in [-0.25, -0.2) is 13.4 Å². The van der Waals surface area contributed by atoms with Gasteiger partial charge in [-0.15, -0.1) is 0 Å². The Bertz CT molecular complexity index is 770. The van der Waals surface area contributed by atoms with E-state index in [1.807, 2.05) is 37.3 Å². The third-order valence-electron chi connectivity index (χ3n) is 2.74. The minimum absolute atomic E-state index is 0.135. The average Bonchev–Trinajstić information content (AvgIpc) is 2.48. The van der Waals surface area contributed by atoms with Crippen molar-refractivity contribution >= 4 is 39.4 Å². The normalized spacial score (nSPS) is 11.3. The maximum Gasteiger partial charge on any atom is 0.263 e. The van der Waals surface area contributed by atoms with E-state index in [-0.39, 0.29) is 10.0 Å². The molecule has 0 aliphatic rings. The quantitative estimate of drug-likeness (QED) is 0.513. The van der Waals surface area contributed by atoms with E-state index < -0.39 is 10.0 Å². The fraction of sp³-hybridized carbons (Fsp3) is 0.0667. The summed E-state index contributed by atoms with van der Waals surface area (Å²) in [4.78, 5) is 4.00. The summed E-state index contributed by atoms with van der Waals surface area (Å²) in [5, 5.41) is 2.76. The number of nitrogens with zero attached hydrogens (tertiary/aromatic N) is 1. The van der Waals surface area contributed by atoms with Crippen LogP contribution in [0.3, 0.4) is 0 Å². The molecule has 5 nitrogen and oxygen atoms in total. The number of benzene rings is 2. The van der Waals surface area contributed by atoms with Crippen molar-refractivity contribution in [2.24, 2.45) is 4.99 Å². The number of aryl methyl sites for hydroxylation is 1. The van der Waals surface area contributed by atoms with Crippen molar-refractivity contribution in [1.82, 2.24) is 4.72 Å². The summed E-state index contributed by atoms with van der Waals surface area (Å²) in [6.45, 7) is 1.88. The highest BCUT2D eigenvalue weighted by Gasteiger charge is 2.14. The topological polar surface area (TPSA) is 70.6 Å². The van der Waals surface area contributed by atoms with Crippen LogP contribution < -0.4 is 10.0 Å². The monoisotopic (exact) mass is 333 g/mol. The zero-order chi connectivity index (χ0) is 16.0. The minimum atomic E-state index is -3.70. The summed E-state index contributed by atoms with van der Waals surface area (Å²) < 4.78 is 26.4. The van der Waals surface area contributed by atoms with E-state index in [2.05, 4.69) is 15.0 Å². The molecule has 0 saturated carbocycles. The van der Waals surface area contributed by atoms with Crippen LogP contribution in [0, 0.1) is 6.92 Å². The molecule has 22 heavy (non-hydrogen) atoms. The van der Waals surface area contributed by atoms with Crippen LogP contribution in [0.5, 0.6) is 0 Å². The second-order valence-corrected chi connectivity index (χ2v) is 6.56. The van der Waals surface area contributed by atoms with Gasteiger partial charge in [0.2, 0.25) is 5.11 Å². The molecule has 0 fully saturated rings. The number of nitrogens with one attached hydrogen (secondary N) is 2. The number of thiocarbonyl (C=S) groups is 1. The average molecular weight is 333 g/mol. The van der Waals surface area contributed by atoms with E-state index in [1.54, 1.807) is 12.1 Å². The Kier molecular flexibility index (Phi) is 5.24. The summed E-state index contributed by atoms with van der Waals surface area (Å²) >= 11 is 4.92. The lowest BCUT2D eigenvalue weighted by Gasteiger charge is -2.06. The lowest BCUT2D eigenvalue weighted by molar-refractivity contribution is 0.592. The Morgan fingerprint density at radius 1 is 1.09 bits per heavy atom. The molecule has 0 aliphatic carbocycles. The summed E-state index contributed by atoms with van der Waals surface area (Å²) in [6.07, 6.45) is 1.34. The van der Waals surface area contributed by atoms with Crippen molar-refractivity contribution in [3.05, 3.63) is 60.2 Å². The highest BCUT2D eigenvalue weighted by Crippen LogP contribution is 2.10. The number of hydrogen-bond acceptors (Lipinski definition) is 3. The van der Waals surface area contributed by atoms with Gasteiger partial charge in [-0.2, -0.15) is 0 Å². The lowest BCUT2D eigenvalue weighted by atomic mass is 10.2. The molecule has 2 N–H and O–H groups in total. The Labute approximate surface area is 135 Å². The molecule has 0 atom stereocenters. The number of rotatable bonds is 4. The highest BCUT2D eigenvalue weighted by molar-refractivity contribution is 7.91. The Balaban J connectivity index is 1.97. The smallest absolute Gasteiger partial charge is 0.263 e. The van der Waals surface area contributed by atoms with Gasteiger partial charge in [0.25, 0.3) is 10.0 Å². The Hall–Kier alpha value is -2.25. The first-order chi connectivity index (χ1) is 10.5. The zero-order valence-electron chi connectivity index (χ0n) is 11.9. The molecular formula is C15H15N3O2S2. The zero-order valence-corrected chi connectivity index (χ0v) is 13.5. The third kappa shape index (κ3) is 4.64. The van der Waals surface area contributed by atoms with Crippen LogP contribution in [0.2, 0.25) is 0 Å². The SMILES string of the molecule is Cc1ccc(S(=O)(=O)NC(=S)/N=C\Nc2ccccc2)cc1. The predicted molar refractivity (Wildman–Crippen MR) is 92.7 cm³/mol. The molecule has 0 aliphatic heterocycles. The molecule has 0 unspecified atom stereocenters. The second kappa shape index (κ2) is 7.15. The van der Waals surface area contributed by atoms with E-state index in [9.17, 15) is 8.42 Å². The van der Waals surface area contributed by atoms with E-state index in [0.29, 0.717) is 0 Å². The number of sulfonamides is 1. The van der Waals surface area contributed by atoms with Crippen LogP contribution in [0.4, 0.5) is 5.69 Å². The van der Waals surface area contributed by atoms with Crippen LogP contribution in [0.1, 0.15) is 5.56 Å². The molecule has 114 valence electrons. The first-order valence-electron chi connectivity index (χ1n) is 6.45. The molecule has 7 heteroatoms. The molecule has 0 heterocycles. The van der Waals surface area contributed by atoms with Crippen LogP contribution in [0.15, 0.2) is 64.5 Å². The van der Waals surface area contributed by atoms with Crippen LogP contribution in [0.25, 0.3) is 0 Å². The van der Waals surface area contributed by atoms with Crippen molar-refractivity contribution in [3.63, 3.8) is 0 Å². The van der Waals surface area contributed by atoms with Crippen molar-refractivity contribution in [1.29, 1.82) is 0 Å². The Morgan fingerprint density at radius 3 is 2.36 bits per heavy atom. The van der Waals surface area contributed by atoms with Crippen LogP contribution in [-0.2, 0) is 10.0 Å². The van der Waals surface area contributed by atoms with Crippen molar-refractivity contribution in [2.75, 3.05) is 5.32 Å². The highest BCUT2D eigenvalue weighted by atomic mass is 32.2.